The molecule has 0 N–H and O–H groups in total. The topological polar surface area (TPSA) is 89.3 Å². The monoisotopic (exact) mass is 596 g/mol. The number of benzene rings is 1. The van der Waals surface area contributed by atoms with Crippen LogP contribution in [0.25, 0.3) is 0 Å². The lowest BCUT2D eigenvalue weighted by Gasteiger charge is -2.30. The molecular formula is C28H52N4O6Si2. The highest BCUT2D eigenvalue weighted by Gasteiger charge is 2.41. The molecule has 0 atom stereocenters. The highest BCUT2D eigenvalue weighted by molar-refractivity contribution is 6.61. The Hall–Kier alpha value is -1.49. The fraction of sp³-hybridized carbons (Fsp3) is 0.714. The van der Waals surface area contributed by atoms with Crippen LogP contribution < -0.4 is 0 Å². The van der Waals surface area contributed by atoms with E-state index in [1.165, 1.54) is 5.56 Å². The number of hydrogen-bond donors (Lipinski definition) is 0. The van der Waals surface area contributed by atoms with Gasteiger partial charge in [0.1, 0.15) is 0 Å². The van der Waals surface area contributed by atoms with Crippen molar-refractivity contribution >= 4 is 17.6 Å². The molecule has 1 aromatic carbocycles. The van der Waals surface area contributed by atoms with Crippen molar-refractivity contribution in [2.75, 3.05) is 52.7 Å². The maximum absolute atomic E-state index is 6.08. The molecule has 2 rings (SSSR count). The summed E-state index contributed by atoms with van der Waals surface area (Å²) in [6.07, 6.45) is 3.84. The summed E-state index contributed by atoms with van der Waals surface area (Å²) >= 11 is 0. The molecule has 0 aliphatic rings. The van der Waals surface area contributed by atoms with E-state index in [-0.39, 0.29) is 0 Å². The van der Waals surface area contributed by atoms with Crippen LogP contribution in [0.4, 0.5) is 0 Å². The first-order valence-corrected chi connectivity index (χ1v) is 18.8. The zero-order valence-corrected chi connectivity index (χ0v) is 27.6. The third kappa shape index (κ3) is 12.2. The summed E-state index contributed by atoms with van der Waals surface area (Å²) in [5, 5.41) is 8.87. The van der Waals surface area contributed by atoms with Crippen LogP contribution in [0.1, 0.15) is 65.6 Å². The van der Waals surface area contributed by atoms with Gasteiger partial charge in [0.2, 0.25) is 0 Å². The van der Waals surface area contributed by atoms with Crippen LogP contribution in [-0.4, -0.2) is 90.2 Å². The van der Waals surface area contributed by atoms with E-state index in [4.69, 9.17) is 26.6 Å². The summed E-state index contributed by atoms with van der Waals surface area (Å²) < 4.78 is 38.4. The molecule has 1 aromatic heterocycles. The van der Waals surface area contributed by atoms with Crippen LogP contribution in [0.2, 0.25) is 12.1 Å². The molecule has 228 valence electrons. The number of aromatic nitrogens is 3. The Balaban J connectivity index is 2.10. The van der Waals surface area contributed by atoms with Crippen molar-refractivity contribution in [1.82, 2.24) is 19.9 Å². The Labute approximate surface area is 244 Å². The highest BCUT2D eigenvalue weighted by atomic mass is 28.4. The average molecular weight is 597 g/mol. The highest BCUT2D eigenvalue weighted by Crippen LogP contribution is 2.21. The van der Waals surface area contributed by atoms with E-state index in [1.807, 2.05) is 70.6 Å². The lowest BCUT2D eigenvalue weighted by molar-refractivity contribution is 0.0691. The quantitative estimate of drug-likeness (QED) is 0.155. The maximum atomic E-state index is 6.08. The van der Waals surface area contributed by atoms with Crippen molar-refractivity contribution in [2.45, 2.75) is 79.6 Å². The summed E-state index contributed by atoms with van der Waals surface area (Å²) in [6, 6.07) is 11.9. The predicted molar refractivity (Wildman–Crippen MR) is 161 cm³/mol. The van der Waals surface area contributed by atoms with Gasteiger partial charge in [0.15, 0.2) is 0 Å². The van der Waals surface area contributed by atoms with Gasteiger partial charge in [-0.2, -0.15) is 0 Å². The lowest BCUT2D eigenvalue weighted by atomic mass is 10.2. The van der Waals surface area contributed by atoms with Crippen molar-refractivity contribution in [1.29, 1.82) is 0 Å². The molecule has 0 saturated heterocycles. The Kier molecular flexibility index (Phi) is 17.0. The van der Waals surface area contributed by atoms with Crippen molar-refractivity contribution in [3.05, 3.63) is 47.8 Å². The second-order valence-corrected chi connectivity index (χ2v) is 14.8. The van der Waals surface area contributed by atoms with E-state index in [1.54, 1.807) is 0 Å². The zero-order valence-electron chi connectivity index (χ0n) is 25.6. The van der Waals surface area contributed by atoms with Crippen LogP contribution >= 0.6 is 0 Å². The molecule has 2 aromatic rings. The van der Waals surface area contributed by atoms with Gasteiger partial charge in [-0.3, -0.25) is 4.90 Å². The second kappa shape index (κ2) is 19.6. The van der Waals surface area contributed by atoms with Crippen LogP contribution in [0.15, 0.2) is 36.5 Å². The lowest BCUT2D eigenvalue weighted by Crippen LogP contribution is -2.47. The molecule has 0 aliphatic carbocycles. The van der Waals surface area contributed by atoms with Crippen LogP contribution in [0, 0.1) is 0 Å². The zero-order chi connectivity index (χ0) is 29.1. The second-order valence-electron chi connectivity index (χ2n) is 9.34. The van der Waals surface area contributed by atoms with Crippen LogP contribution in [0.5, 0.6) is 0 Å². The Morgan fingerprint density at radius 2 is 1.12 bits per heavy atom. The number of nitrogens with zero attached hydrogens (tertiary/aromatic N) is 4. The van der Waals surface area contributed by atoms with E-state index >= 15 is 0 Å². The first-order valence-electron chi connectivity index (χ1n) is 15.0. The Morgan fingerprint density at radius 1 is 0.675 bits per heavy atom. The normalized spacial score (nSPS) is 12.5. The SMILES string of the molecule is CCO[Si](CCCN(CCC[Si](OCC)(OCC)OCC)Cc1cn(Cc2ccccc2)nn1)(OCC)OCC. The van der Waals surface area contributed by atoms with Gasteiger partial charge in [-0.1, -0.05) is 35.5 Å². The van der Waals surface area contributed by atoms with Gasteiger partial charge in [-0.15, -0.1) is 5.10 Å². The Bertz CT molecular complexity index is 842. The molecule has 0 unspecified atom stereocenters. The Morgan fingerprint density at radius 3 is 1.55 bits per heavy atom. The molecule has 0 saturated carbocycles. The summed E-state index contributed by atoms with van der Waals surface area (Å²) in [7, 11) is -5.40. The van der Waals surface area contributed by atoms with E-state index in [2.05, 4.69) is 27.3 Å². The number of hydrogen-bond acceptors (Lipinski definition) is 9. The molecule has 40 heavy (non-hydrogen) atoms. The van der Waals surface area contributed by atoms with Gasteiger partial charge in [0.25, 0.3) is 0 Å². The molecular weight excluding hydrogens is 545 g/mol. The van der Waals surface area contributed by atoms with Gasteiger partial charge in [-0.05, 0) is 73.0 Å². The van der Waals surface area contributed by atoms with E-state index < -0.39 is 17.6 Å². The smallest absolute Gasteiger partial charge is 0.374 e. The predicted octanol–water partition coefficient (Wildman–Crippen LogP) is 5.01. The minimum Gasteiger partial charge on any atom is -0.374 e. The van der Waals surface area contributed by atoms with Crippen molar-refractivity contribution in [3.8, 4) is 0 Å². The van der Waals surface area contributed by atoms with Crippen molar-refractivity contribution < 1.29 is 26.6 Å². The standard InChI is InChI=1S/C28H52N4O6Si2/c1-7-33-39(34-8-2,35-9-3)22-16-20-31(21-17-23-40(36-10-4,37-11-5)38-12-6)25-28-26-32(30-29-28)24-27-18-14-13-15-19-27/h13-15,18-19,26H,7-12,16-17,20-25H2,1-6H3. The largest absolute Gasteiger partial charge is 0.500 e. The molecule has 0 aliphatic heterocycles. The first-order chi connectivity index (χ1) is 19.5. The molecule has 0 radical (unpaired) electrons. The van der Waals surface area contributed by atoms with E-state index in [9.17, 15) is 0 Å². The molecule has 0 amide bonds. The molecule has 12 heteroatoms. The minimum atomic E-state index is -2.70. The van der Waals surface area contributed by atoms with E-state index in [0.29, 0.717) is 52.7 Å². The third-order valence-corrected chi connectivity index (χ3v) is 12.6. The number of rotatable bonds is 24. The fourth-order valence-electron chi connectivity index (χ4n) is 4.80. The van der Waals surface area contributed by atoms with Crippen LogP contribution in [0.3, 0.4) is 0 Å². The summed E-state index contributed by atoms with van der Waals surface area (Å²) in [5.74, 6) is 0. The van der Waals surface area contributed by atoms with Gasteiger partial charge in [0.05, 0.1) is 18.4 Å². The fourth-order valence-corrected chi connectivity index (χ4v) is 9.99. The van der Waals surface area contributed by atoms with Gasteiger partial charge < -0.3 is 26.6 Å². The molecule has 0 fully saturated rings. The summed E-state index contributed by atoms with van der Waals surface area (Å²) in [4.78, 5) is 2.42. The molecule has 10 nitrogen and oxygen atoms in total. The summed E-state index contributed by atoms with van der Waals surface area (Å²) in [5.41, 5.74) is 2.14. The van der Waals surface area contributed by atoms with Gasteiger partial charge >= 0.3 is 17.6 Å². The molecule has 0 bridgehead atoms. The first kappa shape index (κ1) is 34.7. The minimum absolute atomic E-state index is 0.583. The van der Waals surface area contributed by atoms with Crippen molar-refractivity contribution in [2.24, 2.45) is 0 Å². The average Bonchev–Trinajstić information content (AvgIpc) is 3.36. The molecule has 1 heterocycles. The third-order valence-electron chi connectivity index (χ3n) is 6.26. The van der Waals surface area contributed by atoms with Gasteiger partial charge in [0, 0.05) is 58.3 Å². The van der Waals surface area contributed by atoms with Gasteiger partial charge in [-0.25, -0.2) is 4.68 Å². The van der Waals surface area contributed by atoms with E-state index in [0.717, 1.165) is 43.7 Å². The summed E-state index contributed by atoms with van der Waals surface area (Å²) in [6.45, 7) is 18.6. The van der Waals surface area contributed by atoms with Crippen molar-refractivity contribution in [3.63, 3.8) is 0 Å². The maximum Gasteiger partial charge on any atom is 0.500 e. The molecule has 0 spiro atoms. The van der Waals surface area contributed by atoms with Crippen LogP contribution in [-0.2, 0) is 39.6 Å².